The van der Waals surface area contributed by atoms with E-state index in [2.05, 4.69) is 0 Å². The molecule has 0 saturated carbocycles. The van der Waals surface area contributed by atoms with Gasteiger partial charge in [-0.2, -0.15) is 0 Å². The number of hydrogen-bond donors (Lipinski definition) is 1. The van der Waals surface area contributed by atoms with Crippen molar-refractivity contribution >= 4 is 11.9 Å². The summed E-state index contributed by atoms with van der Waals surface area (Å²) in [5, 5.41) is 9.57. The van der Waals surface area contributed by atoms with Crippen LogP contribution in [0, 0.1) is 6.92 Å². The third kappa shape index (κ3) is 2.23. The Labute approximate surface area is 107 Å². The van der Waals surface area contributed by atoms with Gasteiger partial charge in [-0.3, -0.25) is 4.79 Å². The highest BCUT2D eigenvalue weighted by molar-refractivity contribution is 5.87. The molecule has 1 N–H and O–H groups in total. The molecule has 98 valence electrons. The summed E-state index contributed by atoms with van der Waals surface area (Å²) in [6, 6.07) is 7.26. The average Bonchev–Trinajstić information content (AvgIpc) is 2.32. The van der Waals surface area contributed by atoms with Crippen molar-refractivity contribution in [2.45, 2.75) is 32.7 Å². The van der Waals surface area contributed by atoms with Gasteiger partial charge in [-0.05, 0) is 18.9 Å². The van der Waals surface area contributed by atoms with E-state index in [1.54, 1.807) is 19.1 Å². The van der Waals surface area contributed by atoms with Crippen LogP contribution in [0.3, 0.4) is 0 Å². The average molecular weight is 249 g/mol. The van der Waals surface area contributed by atoms with Crippen molar-refractivity contribution in [2.24, 2.45) is 0 Å². The van der Waals surface area contributed by atoms with E-state index in [0.29, 0.717) is 12.0 Å². The highest BCUT2D eigenvalue weighted by Crippen LogP contribution is 2.32. The summed E-state index contributed by atoms with van der Waals surface area (Å²) in [4.78, 5) is 24.5. The number of carboxylic acid groups (broad SMARTS) is 1. The van der Waals surface area contributed by atoms with Crippen molar-refractivity contribution in [2.75, 3.05) is 7.05 Å². The fraction of sp³-hybridized carbons (Fsp3) is 0.429. The fourth-order valence-electron chi connectivity index (χ4n) is 2.15. The van der Waals surface area contributed by atoms with Crippen LogP contribution in [0.5, 0.6) is 0 Å². The molecule has 0 aromatic heterocycles. The van der Waals surface area contributed by atoms with Crippen LogP contribution in [0.25, 0.3) is 0 Å². The van der Waals surface area contributed by atoms with E-state index < -0.39 is 11.5 Å². The standard InChI is InChI=1S/C14H19NO3/c1-5-14(13(17)18,15(4)11(3)16)12-8-6-10(2)7-9-12/h6-9H,5H2,1-4H3,(H,17,18). The highest BCUT2D eigenvalue weighted by Gasteiger charge is 2.44. The van der Waals surface area contributed by atoms with Crippen molar-refractivity contribution in [3.05, 3.63) is 35.4 Å². The van der Waals surface area contributed by atoms with Crippen LogP contribution in [-0.4, -0.2) is 28.9 Å². The fourth-order valence-corrected chi connectivity index (χ4v) is 2.15. The quantitative estimate of drug-likeness (QED) is 0.889. The molecule has 0 bridgehead atoms. The van der Waals surface area contributed by atoms with Crippen molar-refractivity contribution in [3.8, 4) is 0 Å². The molecule has 0 radical (unpaired) electrons. The second-order valence-corrected chi connectivity index (χ2v) is 4.46. The summed E-state index contributed by atoms with van der Waals surface area (Å²) < 4.78 is 0. The number of carbonyl (C=O) groups excluding carboxylic acids is 1. The second-order valence-electron chi connectivity index (χ2n) is 4.46. The van der Waals surface area contributed by atoms with Gasteiger partial charge in [-0.1, -0.05) is 36.8 Å². The summed E-state index contributed by atoms with van der Waals surface area (Å²) in [6.45, 7) is 5.09. The van der Waals surface area contributed by atoms with E-state index in [1.165, 1.54) is 18.9 Å². The Morgan fingerprint density at radius 2 is 1.78 bits per heavy atom. The number of aliphatic carboxylic acids is 1. The van der Waals surface area contributed by atoms with Gasteiger partial charge in [0.1, 0.15) is 0 Å². The molecule has 1 amide bonds. The molecule has 0 aliphatic heterocycles. The Morgan fingerprint density at radius 1 is 1.28 bits per heavy atom. The molecular formula is C14H19NO3. The minimum atomic E-state index is -1.29. The van der Waals surface area contributed by atoms with Gasteiger partial charge in [0, 0.05) is 14.0 Å². The third-order valence-electron chi connectivity index (χ3n) is 3.44. The number of rotatable bonds is 4. The predicted octanol–water partition coefficient (Wildman–Crippen LogP) is 2.16. The Balaban J connectivity index is 3.40. The minimum Gasteiger partial charge on any atom is -0.479 e. The van der Waals surface area contributed by atoms with E-state index in [1.807, 2.05) is 19.1 Å². The van der Waals surface area contributed by atoms with Gasteiger partial charge in [-0.15, -0.1) is 0 Å². The van der Waals surface area contributed by atoms with Crippen LogP contribution in [0.2, 0.25) is 0 Å². The molecule has 0 saturated heterocycles. The number of carboxylic acids is 1. The number of carbonyl (C=O) groups is 2. The summed E-state index contributed by atoms with van der Waals surface area (Å²) >= 11 is 0. The van der Waals surface area contributed by atoms with E-state index in [9.17, 15) is 14.7 Å². The maximum atomic E-state index is 11.7. The van der Waals surface area contributed by atoms with Crippen LogP contribution >= 0.6 is 0 Å². The maximum absolute atomic E-state index is 11.7. The van der Waals surface area contributed by atoms with Gasteiger partial charge in [-0.25, -0.2) is 4.79 Å². The summed E-state index contributed by atoms with van der Waals surface area (Å²) in [5.41, 5.74) is 0.389. The van der Waals surface area contributed by atoms with Crippen molar-refractivity contribution in [1.82, 2.24) is 4.90 Å². The molecular weight excluding hydrogens is 230 g/mol. The lowest BCUT2D eigenvalue weighted by Gasteiger charge is -2.37. The Kier molecular flexibility index (Phi) is 4.11. The zero-order valence-electron chi connectivity index (χ0n) is 11.2. The minimum absolute atomic E-state index is 0.264. The molecule has 4 nitrogen and oxygen atoms in total. The molecule has 0 aliphatic rings. The Hall–Kier alpha value is -1.84. The molecule has 0 spiro atoms. The monoisotopic (exact) mass is 249 g/mol. The number of aryl methyl sites for hydroxylation is 1. The molecule has 1 aromatic rings. The summed E-state index contributed by atoms with van der Waals surface area (Å²) in [7, 11) is 1.53. The van der Waals surface area contributed by atoms with Crippen LogP contribution in [0.15, 0.2) is 24.3 Å². The first-order valence-corrected chi connectivity index (χ1v) is 5.91. The van der Waals surface area contributed by atoms with E-state index >= 15 is 0 Å². The number of amides is 1. The lowest BCUT2D eigenvalue weighted by molar-refractivity contribution is -0.158. The highest BCUT2D eigenvalue weighted by atomic mass is 16.4. The largest absolute Gasteiger partial charge is 0.479 e. The van der Waals surface area contributed by atoms with Gasteiger partial charge >= 0.3 is 5.97 Å². The molecule has 0 fully saturated rings. The number of benzene rings is 1. The summed E-state index contributed by atoms with van der Waals surface area (Å²) in [5.74, 6) is -1.27. The third-order valence-corrected chi connectivity index (χ3v) is 3.44. The van der Waals surface area contributed by atoms with Gasteiger partial charge in [0.2, 0.25) is 5.91 Å². The SMILES string of the molecule is CCC(C(=O)O)(c1ccc(C)cc1)N(C)C(C)=O. The smallest absolute Gasteiger partial charge is 0.334 e. The molecule has 1 rings (SSSR count). The topological polar surface area (TPSA) is 57.6 Å². The molecule has 0 aliphatic carbocycles. The summed E-state index contributed by atoms with van der Waals surface area (Å²) in [6.07, 6.45) is 0.321. The Bertz CT molecular complexity index is 453. The molecule has 4 heteroatoms. The number of nitrogens with zero attached hydrogens (tertiary/aromatic N) is 1. The van der Waals surface area contributed by atoms with Crippen LogP contribution in [0.4, 0.5) is 0 Å². The molecule has 1 unspecified atom stereocenters. The molecule has 18 heavy (non-hydrogen) atoms. The van der Waals surface area contributed by atoms with Crippen molar-refractivity contribution in [3.63, 3.8) is 0 Å². The van der Waals surface area contributed by atoms with Gasteiger partial charge in [0.05, 0.1) is 0 Å². The first-order valence-electron chi connectivity index (χ1n) is 5.91. The maximum Gasteiger partial charge on any atom is 0.334 e. The van der Waals surface area contributed by atoms with Crippen LogP contribution in [-0.2, 0) is 15.1 Å². The van der Waals surface area contributed by atoms with Crippen LogP contribution < -0.4 is 0 Å². The van der Waals surface area contributed by atoms with E-state index in [4.69, 9.17) is 0 Å². The second kappa shape index (κ2) is 5.21. The number of hydrogen-bond acceptors (Lipinski definition) is 2. The molecule has 1 aromatic carbocycles. The van der Waals surface area contributed by atoms with E-state index in [0.717, 1.165) is 5.56 Å². The first-order chi connectivity index (χ1) is 8.36. The normalized spacial score (nSPS) is 13.8. The predicted molar refractivity (Wildman–Crippen MR) is 69.2 cm³/mol. The lowest BCUT2D eigenvalue weighted by Crippen LogP contribution is -2.51. The molecule has 0 heterocycles. The van der Waals surface area contributed by atoms with E-state index in [-0.39, 0.29) is 5.91 Å². The van der Waals surface area contributed by atoms with Gasteiger partial charge in [0.25, 0.3) is 0 Å². The van der Waals surface area contributed by atoms with Gasteiger partial charge < -0.3 is 10.0 Å². The Morgan fingerprint density at radius 3 is 2.11 bits per heavy atom. The van der Waals surface area contributed by atoms with Crippen molar-refractivity contribution < 1.29 is 14.7 Å². The molecule has 1 atom stereocenters. The lowest BCUT2D eigenvalue weighted by atomic mass is 9.85. The first kappa shape index (κ1) is 14.2. The number of likely N-dealkylation sites (N-methyl/N-ethyl adjacent to an activating group) is 1. The van der Waals surface area contributed by atoms with Crippen LogP contribution in [0.1, 0.15) is 31.4 Å². The zero-order chi connectivity index (χ0) is 13.9. The van der Waals surface area contributed by atoms with Gasteiger partial charge in [0.15, 0.2) is 5.54 Å². The van der Waals surface area contributed by atoms with Crippen molar-refractivity contribution in [1.29, 1.82) is 0 Å². The zero-order valence-corrected chi connectivity index (χ0v) is 11.2.